The number of amides is 1. The molecule has 0 radical (unpaired) electrons. The molecule has 1 amide bonds. The Labute approximate surface area is 146 Å². The van der Waals surface area contributed by atoms with Crippen molar-refractivity contribution in [1.29, 1.82) is 0 Å². The zero-order valence-corrected chi connectivity index (χ0v) is 14.4. The van der Waals surface area contributed by atoms with Crippen LogP contribution in [-0.2, 0) is 0 Å². The van der Waals surface area contributed by atoms with E-state index in [0.29, 0.717) is 5.69 Å². The van der Waals surface area contributed by atoms with E-state index in [9.17, 15) is 4.79 Å². The van der Waals surface area contributed by atoms with Crippen LogP contribution in [0.5, 0.6) is 0 Å². The van der Waals surface area contributed by atoms with E-state index in [1.165, 1.54) is 0 Å². The van der Waals surface area contributed by atoms with E-state index >= 15 is 0 Å². The molecule has 0 saturated carbocycles. The lowest BCUT2D eigenvalue weighted by molar-refractivity contribution is 0.102. The Morgan fingerprint density at radius 1 is 1.12 bits per heavy atom. The van der Waals surface area contributed by atoms with E-state index in [1.54, 1.807) is 12.3 Å². The second-order valence-corrected chi connectivity index (χ2v) is 5.89. The molecular weight excluding hydrogens is 314 g/mol. The fraction of sp³-hybridized carbons (Fsp3) is 0.263. The zero-order valence-electron chi connectivity index (χ0n) is 14.4. The van der Waals surface area contributed by atoms with E-state index in [1.807, 2.05) is 48.3 Å². The molecule has 2 aromatic heterocycles. The number of benzene rings is 1. The average Bonchev–Trinajstić information content (AvgIpc) is 2.66. The maximum Gasteiger partial charge on any atom is 0.276 e. The Kier molecular flexibility index (Phi) is 5.18. The lowest BCUT2D eigenvalue weighted by Gasteiger charge is -2.16. The number of unbranched alkanes of at least 4 members (excludes halogenated alkanes) is 1. The van der Waals surface area contributed by atoms with Crippen molar-refractivity contribution >= 4 is 28.3 Å². The van der Waals surface area contributed by atoms with Crippen LogP contribution in [0.4, 0.5) is 11.5 Å². The fourth-order valence-corrected chi connectivity index (χ4v) is 2.55. The van der Waals surface area contributed by atoms with Gasteiger partial charge in [0.05, 0.1) is 11.2 Å². The molecule has 128 valence electrons. The highest BCUT2D eigenvalue weighted by atomic mass is 16.1. The van der Waals surface area contributed by atoms with Gasteiger partial charge in [0.1, 0.15) is 0 Å². The monoisotopic (exact) mass is 335 g/mol. The second-order valence-electron chi connectivity index (χ2n) is 5.89. The molecule has 0 bridgehead atoms. The summed E-state index contributed by atoms with van der Waals surface area (Å²) >= 11 is 0. The Morgan fingerprint density at radius 2 is 1.96 bits per heavy atom. The van der Waals surface area contributed by atoms with Crippen molar-refractivity contribution in [3.63, 3.8) is 0 Å². The van der Waals surface area contributed by atoms with Crippen LogP contribution < -0.4 is 10.2 Å². The zero-order chi connectivity index (χ0) is 17.6. The van der Waals surface area contributed by atoms with Crippen molar-refractivity contribution in [2.45, 2.75) is 19.8 Å². The Bertz CT molecular complexity index is 858. The summed E-state index contributed by atoms with van der Waals surface area (Å²) in [4.78, 5) is 18.8. The summed E-state index contributed by atoms with van der Waals surface area (Å²) in [5.74, 6) is 0.463. The first-order valence-corrected chi connectivity index (χ1v) is 8.39. The number of nitrogens with zero attached hydrogens (tertiary/aromatic N) is 4. The van der Waals surface area contributed by atoms with Crippen molar-refractivity contribution in [2.24, 2.45) is 0 Å². The maximum absolute atomic E-state index is 12.5. The normalized spacial score (nSPS) is 10.6. The molecule has 2 heterocycles. The number of anilines is 2. The summed E-state index contributed by atoms with van der Waals surface area (Å²) in [6.07, 6.45) is 3.92. The van der Waals surface area contributed by atoms with Gasteiger partial charge in [0.2, 0.25) is 0 Å². The summed E-state index contributed by atoms with van der Waals surface area (Å²) in [7, 11) is 1.97. The van der Waals surface area contributed by atoms with E-state index in [0.717, 1.165) is 36.1 Å². The number of hydrogen-bond donors (Lipinski definition) is 1. The topological polar surface area (TPSA) is 71.0 Å². The number of carbonyl (C=O) groups excluding carboxylic acids is 1. The Hall–Kier alpha value is -3.02. The van der Waals surface area contributed by atoms with Gasteiger partial charge in [-0.05, 0) is 30.7 Å². The van der Waals surface area contributed by atoms with Crippen LogP contribution in [-0.4, -0.2) is 34.7 Å². The van der Waals surface area contributed by atoms with Gasteiger partial charge in [-0.25, -0.2) is 0 Å². The lowest BCUT2D eigenvalue weighted by atomic mass is 10.2. The molecule has 6 heteroatoms. The van der Waals surface area contributed by atoms with Crippen molar-refractivity contribution in [2.75, 3.05) is 23.8 Å². The van der Waals surface area contributed by atoms with Gasteiger partial charge in [-0.15, -0.1) is 10.2 Å². The third-order valence-corrected chi connectivity index (χ3v) is 4.00. The molecule has 0 unspecified atom stereocenters. The molecule has 0 atom stereocenters. The highest BCUT2D eigenvalue weighted by Gasteiger charge is 2.12. The van der Waals surface area contributed by atoms with Crippen LogP contribution in [0.3, 0.4) is 0 Å². The molecule has 0 aliphatic carbocycles. The van der Waals surface area contributed by atoms with Crippen LogP contribution in [0, 0.1) is 0 Å². The number of fused-ring (bicyclic) bond motifs is 1. The molecule has 1 aromatic carbocycles. The quantitative estimate of drug-likeness (QED) is 0.746. The van der Waals surface area contributed by atoms with Crippen molar-refractivity contribution in [3.05, 3.63) is 54.4 Å². The summed E-state index contributed by atoms with van der Waals surface area (Å²) in [6.45, 7) is 3.06. The number of nitrogens with one attached hydrogen (secondary N) is 1. The minimum absolute atomic E-state index is 0.278. The maximum atomic E-state index is 12.5. The lowest BCUT2D eigenvalue weighted by Crippen LogP contribution is -2.21. The largest absolute Gasteiger partial charge is 0.358 e. The van der Waals surface area contributed by atoms with Crippen molar-refractivity contribution in [3.8, 4) is 0 Å². The first-order chi connectivity index (χ1) is 12.2. The third kappa shape index (κ3) is 3.91. The standard InChI is InChI=1S/C19H21N5O/c1-3-4-13-24(2)17-11-10-16(22-23-17)19(25)21-15-9-5-7-14-8-6-12-20-18(14)15/h5-12H,3-4,13H2,1-2H3,(H,21,25). The van der Waals surface area contributed by atoms with Crippen LogP contribution in [0.2, 0.25) is 0 Å². The highest BCUT2D eigenvalue weighted by molar-refractivity contribution is 6.07. The number of pyridine rings is 1. The van der Waals surface area contributed by atoms with E-state index < -0.39 is 0 Å². The number of para-hydroxylation sites is 1. The first kappa shape index (κ1) is 16.8. The van der Waals surface area contributed by atoms with Gasteiger partial charge in [0, 0.05) is 25.2 Å². The van der Waals surface area contributed by atoms with Gasteiger partial charge in [-0.2, -0.15) is 0 Å². The van der Waals surface area contributed by atoms with Gasteiger partial charge < -0.3 is 10.2 Å². The van der Waals surface area contributed by atoms with E-state index in [2.05, 4.69) is 27.4 Å². The molecule has 0 fully saturated rings. The molecule has 0 saturated heterocycles. The first-order valence-electron chi connectivity index (χ1n) is 8.39. The van der Waals surface area contributed by atoms with Crippen LogP contribution in [0.15, 0.2) is 48.7 Å². The highest BCUT2D eigenvalue weighted by Crippen LogP contribution is 2.21. The number of aromatic nitrogens is 3. The molecule has 6 nitrogen and oxygen atoms in total. The molecule has 3 rings (SSSR count). The van der Waals surface area contributed by atoms with Crippen LogP contribution >= 0.6 is 0 Å². The predicted octanol–water partition coefficient (Wildman–Crippen LogP) is 3.51. The SMILES string of the molecule is CCCCN(C)c1ccc(C(=O)Nc2cccc3cccnc23)nn1. The van der Waals surface area contributed by atoms with E-state index in [-0.39, 0.29) is 11.6 Å². The van der Waals surface area contributed by atoms with Gasteiger partial charge in [-0.1, -0.05) is 31.5 Å². The summed E-state index contributed by atoms with van der Waals surface area (Å²) in [6, 6.07) is 13.0. The van der Waals surface area contributed by atoms with Gasteiger partial charge in [-0.3, -0.25) is 9.78 Å². The molecular formula is C19H21N5O. The molecule has 3 aromatic rings. The van der Waals surface area contributed by atoms with Crippen LogP contribution in [0.25, 0.3) is 10.9 Å². The van der Waals surface area contributed by atoms with Gasteiger partial charge >= 0.3 is 0 Å². The molecule has 0 spiro atoms. The molecule has 1 N–H and O–H groups in total. The van der Waals surface area contributed by atoms with Gasteiger partial charge in [0.15, 0.2) is 11.5 Å². The Morgan fingerprint density at radius 3 is 2.72 bits per heavy atom. The van der Waals surface area contributed by atoms with Gasteiger partial charge in [0.25, 0.3) is 5.91 Å². The Balaban J connectivity index is 1.75. The van der Waals surface area contributed by atoms with E-state index in [4.69, 9.17) is 0 Å². The predicted molar refractivity (Wildman–Crippen MR) is 99.9 cm³/mol. The molecule has 25 heavy (non-hydrogen) atoms. The average molecular weight is 335 g/mol. The fourth-order valence-electron chi connectivity index (χ4n) is 2.55. The minimum atomic E-state index is -0.298. The summed E-state index contributed by atoms with van der Waals surface area (Å²) in [5, 5.41) is 12.1. The van der Waals surface area contributed by atoms with Crippen molar-refractivity contribution < 1.29 is 4.79 Å². The number of carbonyl (C=O) groups is 1. The summed E-state index contributed by atoms with van der Waals surface area (Å²) in [5.41, 5.74) is 1.69. The van der Waals surface area contributed by atoms with Crippen LogP contribution in [0.1, 0.15) is 30.3 Å². The molecule has 0 aliphatic heterocycles. The number of hydrogen-bond acceptors (Lipinski definition) is 5. The molecule has 0 aliphatic rings. The second kappa shape index (κ2) is 7.70. The third-order valence-electron chi connectivity index (χ3n) is 4.00. The summed E-state index contributed by atoms with van der Waals surface area (Å²) < 4.78 is 0. The van der Waals surface area contributed by atoms with Crippen molar-refractivity contribution in [1.82, 2.24) is 15.2 Å². The minimum Gasteiger partial charge on any atom is -0.358 e. The number of rotatable bonds is 6. The smallest absolute Gasteiger partial charge is 0.276 e.